The van der Waals surface area contributed by atoms with Gasteiger partial charge in [-0.15, -0.1) is 11.6 Å². The maximum Gasteiger partial charge on any atom is 0.109 e. The van der Waals surface area contributed by atoms with E-state index in [2.05, 4.69) is 10.9 Å². The molecule has 1 aliphatic rings. The van der Waals surface area contributed by atoms with Crippen molar-refractivity contribution < 1.29 is 4.74 Å². The topological polar surface area (TPSA) is 33.3 Å². The van der Waals surface area contributed by atoms with Crippen LogP contribution < -0.4 is 10.9 Å². The highest BCUT2D eigenvalue weighted by Gasteiger charge is 2.19. The number of rotatable bonds is 4. The maximum absolute atomic E-state index is 5.96. The van der Waals surface area contributed by atoms with Gasteiger partial charge in [-0.2, -0.15) is 0 Å². The normalized spacial score (nSPS) is 30.5. The molecular weight excluding hydrogens is 176 g/mol. The Morgan fingerprint density at radius 1 is 1.33 bits per heavy atom. The Morgan fingerprint density at radius 2 is 2.00 bits per heavy atom. The average molecular weight is 193 g/mol. The summed E-state index contributed by atoms with van der Waals surface area (Å²) in [4.78, 5) is 0. The summed E-state index contributed by atoms with van der Waals surface area (Å²) in [6.45, 7) is 0.577. The zero-order valence-electron chi connectivity index (χ0n) is 7.48. The van der Waals surface area contributed by atoms with Gasteiger partial charge in [0.05, 0.1) is 6.10 Å². The van der Waals surface area contributed by atoms with Crippen LogP contribution in [0.25, 0.3) is 0 Å². The molecule has 0 atom stereocenters. The third-order valence-electron chi connectivity index (χ3n) is 2.17. The molecule has 4 heteroatoms. The molecule has 0 aromatic rings. The van der Waals surface area contributed by atoms with Gasteiger partial charge in [-0.05, 0) is 32.7 Å². The van der Waals surface area contributed by atoms with E-state index in [-0.39, 0.29) is 0 Å². The highest BCUT2D eigenvalue weighted by Crippen LogP contribution is 2.24. The number of alkyl halides is 1. The molecule has 0 spiro atoms. The van der Waals surface area contributed by atoms with Crippen LogP contribution in [0.4, 0.5) is 0 Å². The Morgan fingerprint density at radius 3 is 2.58 bits per heavy atom. The first kappa shape index (κ1) is 10.3. The van der Waals surface area contributed by atoms with E-state index in [0.29, 0.717) is 18.2 Å². The molecule has 3 nitrogen and oxygen atoms in total. The number of nitrogens with one attached hydrogen (secondary N) is 2. The van der Waals surface area contributed by atoms with Crippen molar-refractivity contribution in [2.45, 2.75) is 37.2 Å². The lowest BCUT2D eigenvalue weighted by atomic mass is 9.97. The van der Waals surface area contributed by atoms with E-state index in [0.717, 1.165) is 25.7 Å². The van der Waals surface area contributed by atoms with Gasteiger partial charge in [-0.25, -0.2) is 5.43 Å². The summed E-state index contributed by atoms with van der Waals surface area (Å²) in [5.41, 5.74) is 5.72. The van der Waals surface area contributed by atoms with Gasteiger partial charge in [0, 0.05) is 5.38 Å². The summed E-state index contributed by atoms with van der Waals surface area (Å²) in [6, 6.07) is 0. The lowest BCUT2D eigenvalue weighted by molar-refractivity contribution is 0.0138. The van der Waals surface area contributed by atoms with Crippen LogP contribution in [0.2, 0.25) is 0 Å². The van der Waals surface area contributed by atoms with E-state index in [4.69, 9.17) is 16.3 Å². The summed E-state index contributed by atoms with van der Waals surface area (Å²) in [5, 5.41) is 0.377. The van der Waals surface area contributed by atoms with Crippen LogP contribution in [-0.4, -0.2) is 25.3 Å². The van der Waals surface area contributed by atoms with Gasteiger partial charge in [0.15, 0.2) is 0 Å². The van der Waals surface area contributed by atoms with Crippen LogP contribution in [0.1, 0.15) is 25.7 Å². The van der Waals surface area contributed by atoms with Gasteiger partial charge in [0.1, 0.15) is 6.73 Å². The minimum absolute atomic E-state index is 0.377. The monoisotopic (exact) mass is 192 g/mol. The number of halogens is 1. The average Bonchev–Trinajstić information content (AvgIpc) is 2.09. The Kier molecular flexibility index (Phi) is 4.92. The highest BCUT2D eigenvalue weighted by molar-refractivity contribution is 6.20. The Balaban J connectivity index is 2.01. The molecule has 0 radical (unpaired) electrons. The number of hydrogen-bond donors (Lipinski definition) is 2. The first-order chi connectivity index (χ1) is 5.83. The van der Waals surface area contributed by atoms with E-state index < -0.39 is 0 Å². The van der Waals surface area contributed by atoms with Crippen LogP contribution >= 0.6 is 11.6 Å². The molecule has 1 aliphatic carbocycles. The standard InChI is InChI=1S/C8H17ClN2O/c1-10-11-6-12-8-4-2-7(9)3-5-8/h7-8,10-11H,2-6H2,1H3. The zero-order chi connectivity index (χ0) is 8.81. The fraction of sp³-hybridized carbons (Fsp3) is 1.00. The lowest BCUT2D eigenvalue weighted by Crippen LogP contribution is -2.33. The molecule has 0 unspecified atom stereocenters. The Bertz CT molecular complexity index is 116. The number of hydrazine groups is 1. The van der Waals surface area contributed by atoms with Gasteiger partial charge in [0.25, 0.3) is 0 Å². The molecule has 0 heterocycles. The van der Waals surface area contributed by atoms with Gasteiger partial charge in [0.2, 0.25) is 0 Å². The van der Waals surface area contributed by atoms with Gasteiger partial charge in [-0.3, -0.25) is 5.43 Å². The predicted molar refractivity (Wildman–Crippen MR) is 50.0 cm³/mol. The molecule has 1 rings (SSSR count). The molecule has 2 N–H and O–H groups in total. The van der Waals surface area contributed by atoms with Gasteiger partial charge >= 0.3 is 0 Å². The zero-order valence-corrected chi connectivity index (χ0v) is 8.23. The molecule has 12 heavy (non-hydrogen) atoms. The fourth-order valence-electron chi connectivity index (χ4n) is 1.42. The largest absolute Gasteiger partial charge is 0.362 e. The van der Waals surface area contributed by atoms with Crippen molar-refractivity contribution in [2.75, 3.05) is 13.8 Å². The van der Waals surface area contributed by atoms with Crippen molar-refractivity contribution in [3.05, 3.63) is 0 Å². The Labute approximate surface area is 78.8 Å². The number of ether oxygens (including phenoxy) is 1. The van der Waals surface area contributed by atoms with Crippen LogP contribution in [0.5, 0.6) is 0 Å². The highest BCUT2D eigenvalue weighted by atomic mass is 35.5. The minimum Gasteiger partial charge on any atom is -0.362 e. The van der Waals surface area contributed by atoms with Crippen LogP contribution in [-0.2, 0) is 4.74 Å². The van der Waals surface area contributed by atoms with Crippen molar-refractivity contribution >= 4 is 11.6 Å². The fourth-order valence-corrected chi connectivity index (χ4v) is 1.67. The third kappa shape index (κ3) is 3.72. The SMILES string of the molecule is CNNCOC1CCC(Cl)CC1. The van der Waals surface area contributed by atoms with Crippen molar-refractivity contribution in [2.24, 2.45) is 0 Å². The van der Waals surface area contributed by atoms with Crippen LogP contribution in [0.3, 0.4) is 0 Å². The molecule has 0 saturated heterocycles. The quantitative estimate of drug-likeness (QED) is 0.304. The summed E-state index contributed by atoms with van der Waals surface area (Å²) in [5.74, 6) is 0. The number of hydrogen-bond acceptors (Lipinski definition) is 3. The minimum atomic E-state index is 0.377. The van der Waals surface area contributed by atoms with E-state index >= 15 is 0 Å². The molecule has 0 amide bonds. The second kappa shape index (κ2) is 5.75. The second-order valence-electron chi connectivity index (χ2n) is 3.11. The molecule has 1 fully saturated rings. The first-order valence-corrected chi connectivity index (χ1v) is 4.92. The second-order valence-corrected chi connectivity index (χ2v) is 3.73. The summed E-state index contributed by atoms with van der Waals surface area (Å²) in [7, 11) is 1.83. The molecule has 0 aromatic carbocycles. The summed E-state index contributed by atoms with van der Waals surface area (Å²) >= 11 is 5.96. The molecule has 0 aromatic heterocycles. The van der Waals surface area contributed by atoms with Crippen molar-refractivity contribution in [1.29, 1.82) is 0 Å². The van der Waals surface area contributed by atoms with Gasteiger partial charge < -0.3 is 4.74 Å². The first-order valence-electron chi connectivity index (χ1n) is 4.48. The van der Waals surface area contributed by atoms with Crippen molar-refractivity contribution in [1.82, 2.24) is 10.9 Å². The van der Waals surface area contributed by atoms with E-state index in [1.165, 1.54) is 0 Å². The maximum atomic E-state index is 5.96. The predicted octanol–water partition coefficient (Wildman–Crippen LogP) is 1.23. The third-order valence-corrected chi connectivity index (χ3v) is 2.61. The van der Waals surface area contributed by atoms with Gasteiger partial charge in [-0.1, -0.05) is 0 Å². The smallest absolute Gasteiger partial charge is 0.109 e. The van der Waals surface area contributed by atoms with Crippen LogP contribution in [0.15, 0.2) is 0 Å². The molecule has 0 bridgehead atoms. The molecule has 1 saturated carbocycles. The van der Waals surface area contributed by atoms with Crippen LogP contribution in [0, 0.1) is 0 Å². The summed E-state index contributed by atoms with van der Waals surface area (Å²) in [6.07, 6.45) is 4.78. The Hall–Kier alpha value is 0.170. The van der Waals surface area contributed by atoms with E-state index in [9.17, 15) is 0 Å². The molecule has 72 valence electrons. The van der Waals surface area contributed by atoms with Crippen molar-refractivity contribution in [3.63, 3.8) is 0 Å². The lowest BCUT2D eigenvalue weighted by Gasteiger charge is -2.25. The summed E-state index contributed by atoms with van der Waals surface area (Å²) < 4.78 is 5.54. The van der Waals surface area contributed by atoms with Crippen molar-refractivity contribution in [3.8, 4) is 0 Å². The van der Waals surface area contributed by atoms with E-state index in [1.54, 1.807) is 0 Å². The molecule has 0 aliphatic heterocycles. The molecular formula is C8H17ClN2O. The van der Waals surface area contributed by atoms with E-state index in [1.807, 2.05) is 7.05 Å².